The molecule has 7 heteroatoms. The number of rotatable bonds is 6. The zero-order chi connectivity index (χ0) is 22.3. The first-order valence-electron chi connectivity index (χ1n) is 10.7. The van der Waals surface area contributed by atoms with Crippen molar-refractivity contribution in [3.05, 3.63) is 83.8 Å². The van der Waals surface area contributed by atoms with Crippen molar-refractivity contribution in [2.24, 2.45) is 0 Å². The second-order valence-electron chi connectivity index (χ2n) is 7.81. The van der Waals surface area contributed by atoms with Crippen molar-refractivity contribution < 1.29 is 13.9 Å². The number of carbonyl (C=O) groups excluding carboxylic acids is 1. The van der Waals surface area contributed by atoms with E-state index in [-0.39, 0.29) is 5.56 Å². The van der Waals surface area contributed by atoms with Crippen molar-refractivity contribution in [2.75, 3.05) is 43.5 Å². The largest absolute Gasteiger partial charge is 0.497 e. The van der Waals surface area contributed by atoms with E-state index in [4.69, 9.17) is 4.74 Å². The molecular formula is C25H27FN4O2. The van der Waals surface area contributed by atoms with E-state index in [1.54, 1.807) is 31.5 Å². The summed E-state index contributed by atoms with van der Waals surface area (Å²) < 4.78 is 19.1. The lowest BCUT2D eigenvalue weighted by Crippen LogP contribution is -2.31. The molecule has 1 N–H and O–H groups in total. The topological polar surface area (TPSA) is 57.7 Å². The minimum atomic E-state index is -0.544. The van der Waals surface area contributed by atoms with Gasteiger partial charge in [-0.3, -0.25) is 9.69 Å². The highest BCUT2D eigenvalue weighted by molar-refractivity contribution is 6.04. The van der Waals surface area contributed by atoms with Gasteiger partial charge in [0, 0.05) is 32.7 Å². The lowest BCUT2D eigenvalue weighted by atomic mass is 10.2. The molecule has 0 atom stereocenters. The number of anilines is 2. The zero-order valence-corrected chi connectivity index (χ0v) is 18.1. The van der Waals surface area contributed by atoms with Gasteiger partial charge in [-0.2, -0.15) is 0 Å². The fourth-order valence-corrected chi connectivity index (χ4v) is 3.88. The molecule has 32 heavy (non-hydrogen) atoms. The number of amides is 1. The van der Waals surface area contributed by atoms with Crippen LogP contribution in [0.5, 0.6) is 5.75 Å². The van der Waals surface area contributed by atoms with Crippen LogP contribution in [0.25, 0.3) is 0 Å². The van der Waals surface area contributed by atoms with E-state index in [2.05, 4.69) is 32.2 Å². The van der Waals surface area contributed by atoms with Gasteiger partial charge in [0.25, 0.3) is 5.91 Å². The van der Waals surface area contributed by atoms with Gasteiger partial charge < -0.3 is 15.0 Å². The van der Waals surface area contributed by atoms with Crippen molar-refractivity contribution >= 4 is 17.4 Å². The second kappa shape index (κ2) is 10.2. The minimum Gasteiger partial charge on any atom is -0.497 e. The first-order valence-corrected chi connectivity index (χ1v) is 10.7. The van der Waals surface area contributed by atoms with Crippen LogP contribution in [0.2, 0.25) is 0 Å². The first-order chi connectivity index (χ1) is 15.6. The van der Waals surface area contributed by atoms with E-state index < -0.39 is 11.7 Å². The molecule has 2 heterocycles. The molecule has 0 aliphatic carbocycles. The summed E-state index contributed by atoms with van der Waals surface area (Å²) in [5, 5.41) is 2.71. The molecule has 0 bridgehead atoms. The van der Waals surface area contributed by atoms with Gasteiger partial charge in [0.1, 0.15) is 17.4 Å². The van der Waals surface area contributed by atoms with E-state index in [9.17, 15) is 9.18 Å². The monoisotopic (exact) mass is 434 g/mol. The second-order valence-corrected chi connectivity index (χ2v) is 7.81. The maximum atomic E-state index is 13.8. The summed E-state index contributed by atoms with van der Waals surface area (Å²) in [6.07, 6.45) is 2.66. The Kier molecular flexibility index (Phi) is 6.97. The summed E-state index contributed by atoms with van der Waals surface area (Å²) in [5.41, 5.74) is 1.79. The van der Waals surface area contributed by atoms with E-state index >= 15 is 0 Å². The summed E-state index contributed by atoms with van der Waals surface area (Å²) >= 11 is 0. The van der Waals surface area contributed by atoms with Crippen LogP contribution in [0.15, 0.2) is 66.9 Å². The van der Waals surface area contributed by atoms with Gasteiger partial charge in [-0.25, -0.2) is 9.37 Å². The highest BCUT2D eigenvalue weighted by Gasteiger charge is 2.17. The fourth-order valence-electron chi connectivity index (χ4n) is 3.88. The molecule has 1 amide bonds. The molecule has 1 saturated heterocycles. The fraction of sp³-hybridized carbons (Fsp3) is 0.280. The number of benzene rings is 2. The number of aromatic nitrogens is 1. The maximum absolute atomic E-state index is 13.8. The molecule has 1 aliphatic rings. The molecule has 3 aromatic rings. The smallest absolute Gasteiger partial charge is 0.258 e. The Hall–Kier alpha value is -3.45. The summed E-state index contributed by atoms with van der Waals surface area (Å²) in [6, 6.07) is 17.8. The Labute approximate surface area is 187 Å². The van der Waals surface area contributed by atoms with Crippen LogP contribution in [0, 0.1) is 5.82 Å². The highest BCUT2D eigenvalue weighted by atomic mass is 19.1. The molecule has 2 aromatic carbocycles. The summed E-state index contributed by atoms with van der Waals surface area (Å²) in [4.78, 5) is 21.5. The van der Waals surface area contributed by atoms with Gasteiger partial charge in [-0.1, -0.05) is 24.3 Å². The molecule has 1 aromatic heterocycles. The molecule has 1 fully saturated rings. The van der Waals surface area contributed by atoms with E-state index in [1.807, 2.05) is 18.2 Å². The molecular weight excluding hydrogens is 407 g/mol. The van der Waals surface area contributed by atoms with Gasteiger partial charge in [-0.05, 0) is 48.4 Å². The molecule has 166 valence electrons. The molecule has 0 spiro atoms. The van der Waals surface area contributed by atoms with Crippen LogP contribution in [0.3, 0.4) is 0 Å². The molecule has 0 saturated carbocycles. The predicted octanol–water partition coefficient (Wildman–Crippen LogP) is 4.19. The van der Waals surface area contributed by atoms with Gasteiger partial charge in [0.05, 0.1) is 24.6 Å². The maximum Gasteiger partial charge on any atom is 0.258 e. The number of pyridine rings is 1. The van der Waals surface area contributed by atoms with Gasteiger partial charge in [0.2, 0.25) is 0 Å². The third-order valence-electron chi connectivity index (χ3n) is 5.58. The highest BCUT2D eigenvalue weighted by Crippen LogP contribution is 2.19. The number of ether oxygens (including phenoxy) is 1. The number of hydrogen-bond donors (Lipinski definition) is 1. The lowest BCUT2D eigenvalue weighted by molar-refractivity contribution is 0.102. The SMILES string of the molecule is COc1cccc(CN2CCCN(c3ccc(NC(=O)c4ccccc4F)cn3)CC2)c1. The quantitative estimate of drug-likeness (QED) is 0.630. The van der Waals surface area contributed by atoms with Crippen LogP contribution in [0.1, 0.15) is 22.3 Å². The van der Waals surface area contributed by atoms with Crippen molar-refractivity contribution in [1.29, 1.82) is 0 Å². The first kappa shape index (κ1) is 21.8. The molecule has 0 radical (unpaired) electrons. The number of hydrogen-bond acceptors (Lipinski definition) is 5. The average molecular weight is 435 g/mol. The van der Waals surface area contributed by atoms with E-state index in [1.165, 1.54) is 17.7 Å². The van der Waals surface area contributed by atoms with Crippen molar-refractivity contribution in [1.82, 2.24) is 9.88 Å². The van der Waals surface area contributed by atoms with Gasteiger partial charge in [0.15, 0.2) is 0 Å². The Morgan fingerprint density at radius 1 is 1.06 bits per heavy atom. The van der Waals surface area contributed by atoms with Crippen LogP contribution in [-0.4, -0.2) is 49.1 Å². The molecule has 6 nitrogen and oxygen atoms in total. The van der Waals surface area contributed by atoms with Gasteiger partial charge in [-0.15, -0.1) is 0 Å². The Morgan fingerprint density at radius 2 is 1.94 bits per heavy atom. The van der Waals surface area contributed by atoms with E-state index in [0.29, 0.717) is 5.69 Å². The number of halogens is 1. The molecule has 0 unspecified atom stereocenters. The lowest BCUT2D eigenvalue weighted by Gasteiger charge is -2.23. The van der Waals surface area contributed by atoms with Crippen molar-refractivity contribution in [3.63, 3.8) is 0 Å². The number of nitrogens with one attached hydrogen (secondary N) is 1. The Morgan fingerprint density at radius 3 is 2.72 bits per heavy atom. The minimum absolute atomic E-state index is 0.0141. The predicted molar refractivity (Wildman–Crippen MR) is 124 cm³/mol. The summed E-state index contributed by atoms with van der Waals surface area (Å²) in [6.45, 7) is 4.63. The van der Waals surface area contributed by atoms with Crippen LogP contribution >= 0.6 is 0 Å². The van der Waals surface area contributed by atoms with Gasteiger partial charge >= 0.3 is 0 Å². The normalized spacial score (nSPS) is 14.6. The third kappa shape index (κ3) is 5.42. The van der Waals surface area contributed by atoms with Crippen LogP contribution in [0.4, 0.5) is 15.9 Å². The van der Waals surface area contributed by atoms with Crippen LogP contribution in [-0.2, 0) is 6.54 Å². The van der Waals surface area contributed by atoms with E-state index in [0.717, 1.165) is 50.7 Å². The molecule has 4 rings (SSSR count). The Balaban J connectivity index is 1.34. The van der Waals surface area contributed by atoms with Crippen molar-refractivity contribution in [3.8, 4) is 5.75 Å². The summed E-state index contributed by atoms with van der Waals surface area (Å²) in [7, 11) is 1.69. The average Bonchev–Trinajstić information content (AvgIpc) is 3.05. The number of carbonyl (C=O) groups is 1. The molecule has 1 aliphatic heterocycles. The number of nitrogens with zero attached hydrogens (tertiary/aromatic N) is 3. The number of methoxy groups -OCH3 is 1. The van der Waals surface area contributed by atoms with Crippen LogP contribution < -0.4 is 15.0 Å². The van der Waals surface area contributed by atoms with Crippen molar-refractivity contribution in [2.45, 2.75) is 13.0 Å². The zero-order valence-electron chi connectivity index (χ0n) is 18.1. The standard InChI is InChI=1S/C25H27FN4O2/c1-32-21-7-4-6-19(16-21)18-29-12-5-13-30(15-14-29)24-11-10-20(17-27-24)28-25(31)22-8-2-3-9-23(22)26/h2-4,6-11,16-17H,5,12-15,18H2,1H3,(H,28,31). The summed E-state index contributed by atoms with van der Waals surface area (Å²) in [5.74, 6) is 0.723. The Bertz CT molecular complexity index is 1060. The third-order valence-corrected chi connectivity index (χ3v) is 5.58.